The number of fused-ring (bicyclic) bond motifs is 1. The number of rotatable bonds is 7. The van der Waals surface area contributed by atoms with E-state index in [1.54, 1.807) is 25.6 Å². The molecular weight excluding hydrogens is 448 g/mol. The number of piperidine rings is 1. The highest BCUT2D eigenvalue weighted by Gasteiger charge is 2.28. The standard InChI is InChI=1S/C22H28N4O4S2/c1-14-24-21(26-10-6-5-7-16(26)12-23-32(4,27)28)20-17(13-31-22(20)25-14)15-8-9-18(29-2)19(11-15)30-3/h8-9,11,13,16,23H,5-7,10,12H2,1-4H3/t16-/m0/s1. The Bertz CT molecular complexity index is 1230. The van der Waals surface area contributed by atoms with Crippen LogP contribution >= 0.6 is 11.3 Å². The van der Waals surface area contributed by atoms with E-state index in [-0.39, 0.29) is 6.04 Å². The number of anilines is 1. The van der Waals surface area contributed by atoms with Crippen LogP contribution < -0.4 is 19.1 Å². The van der Waals surface area contributed by atoms with E-state index in [1.165, 1.54) is 6.26 Å². The maximum Gasteiger partial charge on any atom is 0.208 e. The molecule has 1 fully saturated rings. The van der Waals surface area contributed by atoms with E-state index in [0.29, 0.717) is 23.9 Å². The van der Waals surface area contributed by atoms with Gasteiger partial charge in [0.2, 0.25) is 10.0 Å². The van der Waals surface area contributed by atoms with Gasteiger partial charge in [-0.15, -0.1) is 11.3 Å². The van der Waals surface area contributed by atoms with Gasteiger partial charge in [-0.1, -0.05) is 6.07 Å². The molecule has 32 heavy (non-hydrogen) atoms. The Morgan fingerprint density at radius 2 is 1.97 bits per heavy atom. The highest BCUT2D eigenvalue weighted by atomic mass is 32.2. The van der Waals surface area contributed by atoms with Crippen molar-refractivity contribution in [1.29, 1.82) is 0 Å². The number of aromatic nitrogens is 2. The first-order valence-corrected chi connectivity index (χ1v) is 13.3. The molecule has 3 aromatic rings. The summed E-state index contributed by atoms with van der Waals surface area (Å²) in [6.07, 6.45) is 4.20. The molecule has 1 atom stereocenters. The lowest BCUT2D eigenvalue weighted by atomic mass is 10.0. The van der Waals surface area contributed by atoms with Gasteiger partial charge in [-0.25, -0.2) is 23.1 Å². The van der Waals surface area contributed by atoms with Crippen LogP contribution in [0.2, 0.25) is 0 Å². The summed E-state index contributed by atoms with van der Waals surface area (Å²) in [4.78, 5) is 12.7. The Morgan fingerprint density at radius 3 is 2.69 bits per heavy atom. The Kier molecular flexibility index (Phi) is 6.55. The zero-order valence-corrected chi connectivity index (χ0v) is 20.3. The number of benzene rings is 1. The van der Waals surface area contributed by atoms with E-state index in [4.69, 9.17) is 14.5 Å². The van der Waals surface area contributed by atoms with Gasteiger partial charge in [-0.3, -0.25) is 0 Å². The van der Waals surface area contributed by atoms with Gasteiger partial charge in [0, 0.05) is 30.1 Å². The number of nitrogens with zero attached hydrogens (tertiary/aromatic N) is 3. The number of aryl methyl sites for hydroxylation is 1. The molecule has 0 bridgehead atoms. The number of nitrogens with one attached hydrogen (secondary N) is 1. The van der Waals surface area contributed by atoms with E-state index in [1.807, 2.05) is 25.1 Å². The van der Waals surface area contributed by atoms with Gasteiger partial charge in [-0.2, -0.15) is 0 Å². The highest BCUT2D eigenvalue weighted by Crippen LogP contribution is 2.42. The molecule has 3 heterocycles. The molecular formula is C22H28N4O4S2. The summed E-state index contributed by atoms with van der Waals surface area (Å²) in [6.45, 7) is 3.08. The summed E-state index contributed by atoms with van der Waals surface area (Å²) in [5, 5.41) is 3.08. The van der Waals surface area contributed by atoms with Crippen molar-refractivity contribution >= 4 is 37.4 Å². The SMILES string of the molecule is COc1ccc(-c2csc3nc(C)nc(N4CCCC[C@H]4CNS(C)(=O)=O)c23)cc1OC. The molecule has 1 aromatic carbocycles. The second-order valence-electron chi connectivity index (χ2n) is 7.96. The summed E-state index contributed by atoms with van der Waals surface area (Å²) < 4.78 is 37.0. The fourth-order valence-electron chi connectivity index (χ4n) is 4.19. The molecule has 1 N–H and O–H groups in total. The van der Waals surface area contributed by atoms with E-state index < -0.39 is 10.0 Å². The van der Waals surface area contributed by atoms with Gasteiger partial charge in [0.1, 0.15) is 16.5 Å². The molecule has 4 rings (SSSR count). The third kappa shape index (κ3) is 4.67. The Labute approximate surface area is 192 Å². The summed E-state index contributed by atoms with van der Waals surface area (Å²) in [6, 6.07) is 5.90. The normalized spacial score (nSPS) is 17.0. The molecule has 0 aliphatic carbocycles. The zero-order chi connectivity index (χ0) is 22.9. The Balaban J connectivity index is 1.82. The van der Waals surface area contributed by atoms with Crippen LogP contribution in [0.3, 0.4) is 0 Å². The van der Waals surface area contributed by atoms with Gasteiger partial charge < -0.3 is 14.4 Å². The fourth-order valence-corrected chi connectivity index (χ4v) is 5.67. The van der Waals surface area contributed by atoms with Crippen LogP contribution in [0.4, 0.5) is 5.82 Å². The molecule has 8 nitrogen and oxygen atoms in total. The van der Waals surface area contributed by atoms with E-state index in [2.05, 4.69) is 20.0 Å². The first-order valence-electron chi connectivity index (χ1n) is 10.5. The summed E-state index contributed by atoms with van der Waals surface area (Å²) in [7, 11) is -0.0258. The van der Waals surface area contributed by atoms with E-state index >= 15 is 0 Å². The lowest BCUT2D eigenvalue weighted by Gasteiger charge is -2.37. The van der Waals surface area contributed by atoms with Crippen LogP contribution in [0.25, 0.3) is 21.3 Å². The third-order valence-electron chi connectivity index (χ3n) is 5.70. The topological polar surface area (TPSA) is 93.7 Å². The molecule has 10 heteroatoms. The monoisotopic (exact) mass is 476 g/mol. The molecule has 1 aliphatic heterocycles. The molecule has 2 aromatic heterocycles. The van der Waals surface area contributed by atoms with Gasteiger partial charge in [-0.05, 0) is 43.9 Å². The maximum atomic E-state index is 11.7. The minimum absolute atomic E-state index is 0.0362. The molecule has 1 aliphatic rings. The molecule has 1 saturated heterocycles. The van der Waals surface area contributed by atoms with Crippen molar-refractivity contribution in [3.63, 3.8) is 0 Å². The van der Waals surface area contributed by atoms with Gasteiger partial charge in [0.25, 0.3) is 0 Å². The lowest BCUT2D eigenvalue weighted by molar-refractivity contribution is 0.355. The van der Waals surface area contributed by atoms with Crippen molar-refractivity contribution in [1.82, 2.24) is 14.7 Å². The number of ether oxygens (including phenoxy) is 2. The molecule has 0 unspecified atom stereocenters. The predicted octanol–water partition coefficient (Wildman–Crippen LogP) is 3.59. The maximum absolute atomic E-state index is 11.7. The van der Waals surface area contributed by atoms with Crippen LogP contribution in [0.5, 0.6) is 11.5 Å². The predicted molar refractivity (Wildman–Crippen MR) is 129 cm³/mol. The van der Waals surface area contributed by atoms with Crippen LogP contribution in [0.1, 0.15) is 25.1 Å². The molecule has 0 saturated carbocycles. The zero-order valence-electron chi connectivity index (χ0n) is 18.7. The molecule has 172 valence electrons. The molecule has 0 amide bonds. The van der Waals surface area contributed by atoms with Gasteiger partial charge in [0.05, 0.1) is 25.9 Å². The molecule has 0 radical (unpaired) electrons. The van der Waals surface area contributed by atoms with Gasteiger partial charge >= 0.3 is 0 Å². The fraction of sp³-hybridized carbons (Fsp3) is 0.455. The average molecular weight is 477 g/mol. The lowest BCUT2D eigenvalue weighted by Crippen LogP contribution is -2.47. The quantitative estimate of drug-likeness (QED) is 0.557. The number of hydrogen-bond donors (Lipinski definition) is 1. The number of thiophene rings is 1. The first-order chi connectivity index (χ1) is 15.3. The Hall–Kier alpha value is -2.43. The van der Waals surface area contributed by atoms with Crippen molar-refractivity contribution in [2.75, 3.05) is 38.5 Å². The number of sulfonamides is 1. The van der Waals surface area contributed by atoms with Crippen molar-refractivity contribution < 1.29 is 17.9 Å². The summed E-state index contributed by atoms with van der Waals surface area (Å²) >= 11 is 1.58. The largest absolute Gasteiger partial charge is 0.493 e. The summed E-state index contributed by atoms with van der Waals surface area (Å²) in [5.41, 5.74) is 2.02. The minimum Gasteiger partial charge on any atom is -0.493 e. The Morgan fingerprint density at radius 1 is 1.19 bits per heavy atom. The van der Waals surface area contributed by atoms with E-state index in [9.17, 15) is 8.42 Å². The van der Waals surface area contributed by atoms with Crippen LogP contribution in [-0.4, -0.2) is 58.0 Å². The van der Waals surface area contributed by atoms with Crippen molar-refractivity contribution in [2.24, 2.45) is 0 Å². The van der Waals surface area contributed by atoms with Crippen molar-refractivity contribution in [2.45, 2.75) is 32.2 Å². The summed E-state index contributed by atoms with van der Waals surface area (Å²) in [5.74, 6) is 2.89. The van der Waals surface area contributed by atoms with Crippen LogP contribution in [0.15, 0.2) is 23.6 Å². The van der Waals surface area contributed by atoms with Crippen LogP contribution in [0, 0.1) is 6.92 Å². The third-order valence-corrected chi connectivity index (χ3v) is 7.26. The van der Waals surface area contributed by atoms with Gasteiger partial charge in [0.15, 0.2) is 11.5 Å². The average Bonchev–Trinajstić information content (AvgIpc) is 3.20. The molecule has 0 spiro atoms. The second-order valence-corrected chi connectivity index (χ2v) is 10.6. The smallest absolute Gasteiger partial charge is 0.208 e. The van der Waals surface area contributed by atoms with E-state index in [0.717, 1.165) is 53.0 Å². The second kappa shape index (κ2) is 9.21. The minimum atomic E-state index is -3.27. The number of methoxy groups -OCH3 is 2. The van der Waals surface area contributed by atoms with Crippen LogP contribution in [-0.2, 0) is 10.0 Å². The number of hydrogen-bond acceptors (Lipinski definition) is 8. The van der Waals surface area contributed by atoms with Crippen molar-refractivity contribution in [3.8, 4) is 22.6 Å². The first kappa shape index (κ1) is 22.8. The highest BCUT2D eigenvalue weighted by molar-refractivity contribution is 7.88. The van der Waals surface area contributed by atoms with Crippen molar-refractivity contribution in [3.05, 3.63) is 29.4 Å².